The Morgan fingerprint density at radius 3 is 2.62 bits per heavy atom. The van der Waals surface area contributed by atoms with Crippen molar-refractivity contribution in [1.82, 2.24) is 10.2 Å². The fourth-order valence-electron chi connectivity index (χ4n) is 3.65. The number of likely N-dealkylation sites (tertiary alicyclic amines) is 1. The van der Waals surface area contributed by atoms with Crippen LogP contribution < -0.4 is 5.32 Å². The van der Waals surface area contributed by atoms with E-state index in [1.165, 1.54) is 45.2 Å². The van der Waals surface area contributed by atoms with Gasteiger partial charge in [-0.05, 0) is 64.5 Å². The summed E-state index contributed by atoms with van der Waals surface area (Å²) in [6.07, 6.45) is 7.04. The predicted octanol–water partition coefficient (Wildman–Crippen LogP) is 2.49. The van der Waals surface area contributed by atoms with Gasteiger partial charge in [0.05, 0.1) is 0 Å². The van der Waals surface area contributed by atoms with E-state index in [4.69, 9.17) is 0 Å². The Balaban J connectivity index is 1.89. The van der Waals surface area contributed by atoms with E-state index in [9.17, 15) is 0 Å². The number of rotatable bonds is 3. The van der Waals surface area contributed by atoms with Crippen molar-refractivity contribution in [2.75, 3.05) is 20.1 Å². The molecule has 1 saturated heterocycles. The molecule has 2 heteroatoms. The van der Waals surface area contributed by atoms with Gasteiger partial charge in [0.25, 0.3) is 0 Å². The summed E-state index contributed by atoms with van der Waals surface area (Å²) in [4.78, 5) is 2.72. The van der Waals surface area contributed by atoms with Crippen LogP contribution in [0, 0.1) is 11.8 Å². The van der Waals surface area contributed by atoms with Crippen LogP contribution >= 0.6 is 0 Å². The Morgan fingerprint density at radius 2 is 2.00 bits per heavy atom. The van der Waals surface area contributed by atoms with Crippen LogP contribution in [0.1, 0.15) is 46.0 Å². The minimum Gasteiger partial charge on any atom is -0.317 e. The summed E-state index contributed by atoms with van der Waals surface area (Å²) in [6.45, 7) is 7.49. The highest BCUT2D eigenvalue weighted by Crippen LogP contribution is 2.31. The van der Waals surface area contributed by atoms with E-state index in [1.54, 1.807) is 0 Å². The average molecular weight is 224 g/mol. The smallest absolute Gasteiger partial charge is 0.0105 e. The summed E-state index contributed by atoms with van der Waals surface area (Å²) >= 11 is 0. The molecule has 1 aliphatic carbocycles. The third-order valence-electron chi connectivity index (χ3n) is 4.78. The summed E-state index contributed by atoms with van der Waals surface area (Å²) in [5.41, 5.74) is 0. The van der Waals surface area contributed by atoms with E-state index in [0.29, 0.717) is 0 Å². The van der Waals surface area contributed by atoms with Crippen LogP contribution in [0.4, 0.5) is 0 Å². The molecule has 1 saturated carbocycles. The lowest BCUT2D eigenvalue weighted by Gasteiger charge is -2.38. The zero-order valence-electron chi connectivity index (χ0n) is 11.2. The van der Waals surface area contributed by atoms with Crippen molar-refractivity contribution in [2.45, 2.75) is 58.0 Å². The lowest BCUT2D eigenvalue weighted by molar-refractivity contribution is 0.145. The number of hydrogen-bond acceptors (Lipinski definition) is 2. The second-order valence-corrected chi connectivity index (χ2v) is 6.06. The minimum atomic E-state index is 0.768. The molecule has 4 atom stereocenters. The first-order valence-corrected chi connectivity index (χ1v) is 7.12. The summed E-state index contributed by atoms with van der Waals surface area (Å²) < 4.78 is 0. The molecule has 0 aromatic rings. The molecule has 2 rings (SSSR count). The Labute approximate surface area is 101 Å². The van der Waals surface area contributed by atoms with Crippen LogP contribution in [0.5, 0.6) is 0 Å². The molecule has 0 spiro atoms. The highest BCUT2D eigenvalue weighted by molar-refractivity contribution is 4.87. The third-order valence-corrected chi connectivity index (χ3v) is 4.78. The maximum absolute atomic E-state index is 3.54. The van der Waals surface area contributed by atoms with E-state index in [0.717, 1.165) is 23.9 Å². The van der Waals surface area contributed by atoms with E-state index < -0.39 is 0 Å². The molecule has 2 fully saturated rings. The van der Waals surface area contributed by atoms with Gasteiger partial charge < -0.3 is 10.2 Å². The fraction of sp³-hybridized carbons (Fsp3) is 1.00. The normalized spacial score (nSPS) is 41.4. The molecule has 0 amide bonds. The standard InChI is InChI=1S/C14H28N2/c1-11-6-7-14(15-3)13(9-11)10-16-8-4-5-12(16)2/h11-15H,4-10H2,1-3H3. The second kappa shape index (κ2) is 5.50. The largest absolute Gasteiger partial charge is 0.317 e. The van der Waals surface area contributed by atoms with Crippen LogP contribution in [0.25, 0.3) is 0 Å². The Hall–Kier alpha value is -0.0800. The molecule has 0 radical (unpaired) electrons. The molecular formula is C14H28N2. The average Bonchev–Trinajstić information content (AvgIpc) is 2.65. The zero-order chi connectivity index (χ0) is 11.5. The van der Waals surface area contributed by atoms with Crippen molar-refractivity contribution < 1.29 is 0 Å². The number of nitrogens with one attached hydrogen (secondary N) is 1. The SMILES string of the molecule is CNC1CCC(C)CC1CN1CCCC1C. The molecule has 2 aliphatic rings. The topological polar surface area (TPSA) is 15.3 Å². The van der Waals surface area contributed by atoms with Gasteiger partial charge in [0, 0.05) is 18.6 Å². The Morgan fingerprint density at radius 1 is 1.19 bits per heavy atom. The third kappa shape index (κ3) is 2.78. The predicted molar refractivity (Wildman–Crippen MR) is 69.6 cm³/mol. The van der Waals surface area contributed by atoms with Gasteiger partial charge in [-0.3, -0.25) is 0 Å². The summed E-state index contributed by atoms with van der Waals surface area (Å²) in [6, 6.07) is 1.60. The van der Waals surface area contributed by atoms with Crippen molar-refractivity contribution in [3.05, 3.63) is 0 Å². The fourth-order valence-corrected chi connectivity index (χ4v) is 3.65. The maximum atomic E-state index is 3.54. The molecule has 94 valence electrons. The lowest BCUT2D eigenvalue weighted by atomic mass is 9.78. The van der Waals surface area contributed by atoms with Crippen molar-refractivity contribution in [3.63, 3.8) is 0 Å². The van der Waals surface area contributed by atoms with Gasteiger partial charge >= 0.3 is 0 Å². The van der Waals surface area contributed by atoms with Crippen molar-refractivity contribution in [3.8, 4) is 0 Å². The highest BCUT2D eigenvalue weighted by Gasteiger charge is 2.31. The van der Waals surface area contributed by atoms with Crippen molar-refractivity contribution >= 4 is 0 Å². The van der Waals surface area contributed by atoms with Crippen LogP contribution in [0.2, 0.25) is 0 Å². The monoisotopic (exact) mass is 224 g/mol. The maximum Gasteiger partial charge on any atom is 0.0105 e. The molecule has 0 bridgehead atoms. The Kier molecular flexibility index (Phi) is 4.26. The van der Waals surface area contributed by atoms with Gasteiger partial charge in [0.1, 0.15) is 0 Å². The van der Waals surface area contributed by atoms with E-state index in [2.05, 4.69) is 31.1 Å². The number of hydrogen-bond donors (Lipinski definition) is 1. The highest BCUT2D eigenvalue weighted by atomic mass is 15.2. The van der Waals surface area contributed by atoms with Crippen LogP contribution in [0.15, 0.2) is 0 Å². The molecule has 1 N–H and O–H groups in total. The molecular weight excluding hydrogens is 196 g/mol. The Bertz CT molecular complexity index is 217. The molecule has 0 aromatic heterocycles. The molecule has 16 heavy (non-hydrogen) atoms. The van der Waals surface area contributed by atoms with E-state index in [-0.39, 0.29) is 0 Å². The molecule has 0 aromatic carbocycles. The van der Waals surface area contributed by atoms with Gasteiger partial charge in [-0.2, -0.15) is 0 Å². The van der Waals surface area contributed by atoms with Gasteiger partial charge in [-0.15, -0.1) is 0 Å². The summed E-state index contributed by atoms with van der Waals surface area (Å²) in [5, 5.41) is 3.54. The van der Waals surface area contributed by atoms with Crippen LogP contribution in [-0.4, -0.2) is 37.1 Å². The second-order valence-electron chi connectivity index (χ2n) is 6.06. The van der Waals surface area contributed by atoms with Crippen molar-refractivity contribution in [1.29, 1.82) is 0 Å². The molecule has 1 aliphatic heterocycles. The molecule has 1 heterocycles. The van der Waals surface area contributed by atoms with Gasteiger partial charge in [-0.25, -0.2) is 0 Å². The number of nitrogens with zero attached hydrogens (tertiary/aromatic N) is 1. The van der Waals surface area contributed by atoms with E-state index >= 15 is 0 Å². The molecule has 4 unspecified atom stereocenters. The first kappa shape index (κ1) is 12.4. The lowest BCUT2D eigenvalue weighted by Crippen LogP contribution is -2.45. The summed E-state index contributed by atoms with van der Waals surface area (Å²) in [5.74, 6) is 1.82. The summed E-state index contributed by atoms with van der Waals surface area (Å²) in [7, 11) is 2.14. The molecule has 2 nitrogen and oxygen atoms in total. The van der Waals surface area contributed by atoms with Crippen molar-refractivity contribution in [2.24, 2.45) is 11.8 Å². The van der Waals surface area contributed by atoms with Crippen LogP contribution in [-0.2, 0) is 0 Å². The minimum absolute atomic E-state index is 0.768. The zero-order valence-corrected chi connectivity index (χ0v) is 11.2. The van der Waals surface area contributed by atoms with Gasteiger partial charge in [0.2, 0.25) is 0 Å². The first-order chi connectivity index (χ1) is 7.70. The van der Waals surface area contributed by atoms with Gasteiger partial charge in [-0.1, -0.05) is 6.92 Å². The first-order valence-electron chi connectivity index (χ1n) is 7.12. The quantitative estimate of drug-likeness (QED) is 0.792. The van der Waals surface area contributed by atoms with Gasteiger partial charge in [0.15, 0.2) is 0 Å². The van der Waals surface area contributed by atoms with E-state index in [1.807, 2.05) is 0 Å². The van der Waals surface area contributed by atoms with Crippen LogP contribution in [0.3, 0.4) is 0 Å².